The standard InChI is InChI=1S/C19H27N3O2S/c1-13-5-6-16(11-14(13)2)20-18(24)17-12-25-19(22(17)15(3)23)7-9-21(4)10-8-19/h5-6,11,17H,7-10,12H2,1-4H3,(H,20,24). The SMILES string of the molecule is CC(=O)N1C(C(=O)Nc2ccc(C)c(C)c2)CSC12CCN(C)CC2. The molecule has 0 aliphatic carbocycles. The molecular weight excluding hydrogens is 334 g/mol. The molecule has 25 heavy (non-hydrogen) atoms. The monoisotopic (exact) mass is 361 g/mol. The lowest BCUT2D eigenvalue weighted by Gasteiger charge is -2.44. The summed E-state index contributed by atoms with van der Waals surface area (Å²) in [5.74, 6) is 0.580. The average Bonchev–Trinajstić information content (AvgIpc) is 2.93. The number of likely N-dealkylation sites (tertiary alicyclic amines) is 1. The quantitative estimate of drug-likeness (QED) is 0.880. The first-order chi connectivity index (χ1) is 11.8. The van der Waals surface area contributed by atoms with E-state index in [1.807, 2.05) is 30.0 Å². The minimum absolute atomic E-state index is 0.00482. The van der Waals surface area contributed by atoms with Crippen LogP contribution in [0.1, 0.15) is 30.9 Å². The Hall–Kier alpha value is -1.53. The fourth-order valence-corrected chi connectivity index (χ4v) is 5.39. The number of nitrogens with zero attached hydrogens (tertiary/aromatic N) is 2. The van der Waals surface area contributed by atoms with Crippen molar-refractivity contribution in [2.24, 2.45) is 0 Å². The molecule has 0 radical (unpaired) electrons. The van der Waals surface area contributed by atoms with E-state index >= 15 is 0 Å². The van der Waals surface area contributed by atoms with Crippen molar-refractivity contribution in [3.63, 3.8) is 0 Å². The first kappa shape index (κ1) is 18.3. The van der Waals surface area contributed by atoms with Gasteiger partial charge < -0.3 is 15.1 Å². The number of anilines is 1. The van der Waals surface area contributed by atoms with Crippen LogP contribution in [0.4, 0.5) is 5.69 Å². The Morgan fingerprint density at radius 3 is 2.48 bits per heavy atom. The van der Waals surface area contributed by atoms with Gasteiger partial charge in [0.1, 0.15) is 6.04 Å². The second-order valence-electron chi connectivity index (χ2n) is 7.25. The van der Waals surface area contributed by atoms with Crippen LogP contribution in [0, 0.1) is 13.8 Å². The number of hydrogen-bond donors (Lipinski definition) is 1. The predicted molar refractivity (Wildman–Crippen MR) is 103 cm³/mol. The van der Waals surface area contributed by atoms with E-state index in [-0.39, 0.29) is 16.7 Å². The van der Waals surface area contributed by atoms with E-state index in [1.165, 1.54) is 5.56 Å². The molecule has 3 rings (SSSR count). The van der Waals surface area contributed by atoms with E-state index in [4.69, 9.17) is 0 Å². The van der Waals surface area contributed by atoms with E-state index in [0.29, 0.717) is 5.75 Å². The molecule has 0 bridgehead atoms. The largest absolute Gasteiger partial charge is 0.324 e. The number of aryl methyl sites for hydroxylation is 2. The van der Waals surface area contributed by atoms with Gasteiger partial charge in [0, 0.05) is 31.5 Å². The van der Waals surface area contributed by atoms with Gasteiger partial charge in [-0.2, -0.15) is 0 Å². The lowest BCUT2D eigenvalue weighted by molar-refractivity contribution is -0.140. The summed E-state index contributed by atoms with van der Waals surface area (Å²) >= 11 is 1.77. The third-order valence-electron chi connectivity index (χ3n) is 5.45. The van der Waals surface area contributed by atoms with Crippen LogP contribution >= 0.6 is 11.8 Å². The number of hydrogen-bond acceptors (Lipinski definition) is 4. The summed E-state index contributed by atoms with van der Waals surface area (Å²) in [4.78, 5) is 29.2. The highest BCUT2D eigenvalue weighted by Crippen LogP contribution is 2.46. The van der Waals surface area contributed by atoms with Crippen LogP contribution in [0.3, 0.4) is 0 Å². The van der Waals surface area contributed by atoms with Crippen molar-refractivity contribution in [3.05, 3.63) is 29.3 Å². The van der Waals surface area contributed by atoms with Crippen molar-refractivity contribution in [1.29, 1.82) is 0 Å². The normalized spacial score (nSPS) is 23.0. The van der Waals surface area contributed by atoms with Crippen LogP contribution in [0.25, 0.3) is 0 Å². The topological polar surface area (TPSA) is 52.7 Å². The van der Waals surface area contributed by atoms with Crippen molar-refractivity contribution in [2.45, 2.75) is 44.5 Å². The van der Waals surface area contributed by atoms with E-state index in [1.54, 1.807) is 18.7 Å². The number of carbonyl (C=O) groups is 2. The van der Waals surface area contributed by atoms with Gasteiger partial charge in [-0.05, 0) is 57.0 Å². The van der Waals surface area contributed by atoms with Gasteiger partial charge in [-0.1, -0.05) is 6.07 Å². The van der Waals surface area contributed by atoms with Crippen molar-refractivity contribution in [2.75, 3.05) is 31.2 Å². The lowest BCUT2D eigenvalue weighted by Crippen LogP contribution is -2.56. The fraction of sp³-hybridized carbons (Fsp3) is 0.579. The number of nitrogens with one attached hydrogen (secondary N) is 1. The zero-order valence-electron chi connectivity index (χ0n) is 15.5. The van der Waals surface area contributed by atoms with Crippen LogP contribution in [-0.4, -0.2) is 58.4 Å². The van der Waals surface area contributed by atoms with Gasteiger partial charge in [-0.15, -0.1) is 11.8 Å². The zero-order valence-corrected chi connectivity index (χ0v) is 16.3. The average molecular weight is 362 g/mol. The molecule has 1 aromatic carbocycles. The van der Waals surface area contributed by atoms with Crippen molar-refractivity contribution < 1.29 is 9.59 Å². The molecule has 2 saturated heterocycles. The molecule has 1 N–H and O–H groups in total. The number of amides is 2. The van der Waals surface area contributed by atoms with Crippen LogP contribution in [0.2, 0.25) is 0 Å². The molecule has 5 nitrogen and oxygen atoms in total. The number of piperidine rings is 1. The van der Waals surface area contributed by atoms with Crippen molar-refractivity contribution >= 4 is 29.3 Å². The third-order valence-corrected chi connectivity index (χ3v) is 7.07. The highest BCUT2D eigenvalue weighted by molar-refractivity contribution is 8.01. The molecular formula is C19H27N3O2S. The number of thioether (sulfide) groups is 1. The molecule has 1 aromatic rings. The summed E-state index contributed by atoms with van der Waals surface area (Å²) in [5.41, 5.74) is 3.14. The van der Waals surface area contributed by atoms with Gasteiger partial charge in [0.2, 0.25) is 11.8 Å². The van der Waals surface area contributed by atoms with E-state index in [9.17, 15) is 9.59 Å². The molecule has 0 aromatic heterocycles. The summed E-state index contributed by atoms with van der Waals surface area (Å²) in [5, 5.41) is 3.01. The zero-order chi connectivity index (χ0) is 18.2. The molecule has 0 saturated carbocycles. The molecule has 2 fully saturated rings. The van der Waals surface area contributed by atoms with Crippen molar-refractivity contribution in [1.82, 2.24) is 9.80 Å². The second-order valence-corrected chi connectivity index (χ2v) is 8.64. The van der Waals surface area contributed by atoms with Gasteiger partial charge in [0.15, 0.2) is 0 Å². The number of benzene rings is 1. The first-order valence-electron chi connectivity index (χ1n) is 8.83. The Labute approximate surface area is 154 Å². The summed E-state index contributed by atoms with van der Waals surface area (Å²) in [7, 11) is 2.11. The van der Waals surface area contributed by atoms with Gasteiger partial charge >= 0.3 is 0 Å². The lowest BCUT2D eigenvalue weighted by atomic mass is 10.0. The predicted octanol–water partition coefficient (Wildman–Crippen LogP) is 2.63. The Kier molecular flexibility index (Phi) is 5.11. The first-order valence-corrected chi connectivity index (χ1v) is 9.81. The van der Waals surface area contributed by atoms with Gasteiger partial charge in [-0.3, -0.25) is 9.59 Å². The minimum atomic E-state index is -0.396. The molecule has 2 aliphatic heterocycles. The van der Waals surface area contributed by atoms with Crippen LogP contribution in [0.15, 0.2) is 18.2 Å². The van der Waals surface area contributed by atoms with Crippen LogP contribution in [0.5, 0.6) is 0 Å². The Morgan fingerprint density at radius 2 is 1.88 bits per heavy atom. The van der Waals surface area contributed by atoms with Crippen LogP contribution in [-0.2, 0) is 9.59 Å². The Morgan fingerprint density at radius 1 is 1.20 bits per heavy atom. The Balaban J connectivity index is 1.77. The summed E-state index contributed by atoms with van der Waals surface area (Å²) in [6, 6.07) is 5.52. The maximum atomic E-state index is 12.9. The number of rotatable bonds is 2. The highest BCUT2D eigenvalue weighted by Gasteiger charge is 2.51. The number of carbonyl (C=O) groups excluding carboxylic acids is 2. The highest BCUT2D eigenvalue weighted by atomic mass is 32.2. The summed E-state index contributed by atoms with van der Waals surface area (Å²) in [6.07, 6.45) is 1.84. The molecule has 1 unspecified atom stereocenters. The molecule has 2 amide bonds. The molecule has 6 heteroatoms. The van der Waals surface area contributed by atoms with E-state index in [2.05, 4.69) is 24.2 Å². The fourth-order valence-electron chi connectivity index (χ4n) is 3.76. The third kappa shape index (κ3) is 3.55. The maximum absolute atomic E-state index is 12.9. The van der Waals surface area contributed by atoms with E-state index < -0.39 is 6.04 Å². The van der Waals surface area contributed by atoms with Gasteiger partial charge in [0.05, 0.1) is 4.87 Å². The van der Waals surface area contributed by atoms with Gasteiger partial charge in [-0.25, -0.2) is 0 Å². The maximum Gasteiger partial charge on any atom is 0.248 e. The van der Waals surface area contributed by atoms with E-state index in [0.717, 1.165) is 37.2 Å². The molecule has 2 aliphatic rings. The molecule has 1 atom stereocenters. The Bertz CT molecular complexity index is 683. The second kappa shape index (κ2) is 7.00. The summed E-state index contributed by atoms with van der Waals surface area (Å²) < 4.78 is 0. The minimum Gasteiger partial charge on any atom is -0.324 e. The van der Waals surface area contributed by atoms with Crippen LogP contribution < -0.4 is 5.32 Å². The summed E-state index contributed by atoms with van der Waals surface area (Å²) in [6.45, 7) is 7.59. The van der Waals surface area contributed by atoms with Gasteiger partial charge in [0.25, 0.3) is 0 Å². The molecule has 136 valence electrons. The smallest absolute Gasteiger partial charge is 0.248 e. The molecule has 1 spiro atoms. The van der Waals surface area contributed by atoms with Crippen molar-refractivity contribution in [3.8, 4) is 0 Å². The molecule has 2 heterocycles.